The number of nitrogens with one attached hydrogen (secondary N) is 2. The van der Waals surface area contributed by atoms with Crippen LogP contribution in [0.15, 0.2) is 39.8 Å². The second-order valence-corrected chi connectivity index (χ2v) is 8.03. The van der Waals surface area contributed by atoms with Gasteiger partial charge < -0.3 is 15.2 Å². The summed E-state index contributed by atoms with van der Waals surface area (Å²) in [7, 11) is 2.18. The zero-order chi connectivity index (χ0) is 21.8. The molecule has 7 nitrogen and oxygen atoms in total. The summed E-state index contributed by atoms with van der Waals surface area (Å²) >= 11 is 0. The summed E-state index contributed by atoms with van der Waals surface area (Å²) in [4.78, 5) is 11.5. The van der Waals surface area contributed by atoms with Crippen LogP contribution in [0.2, 0.25) is 0 Å². The molecule has 166 valence electrons. The van der Waals surface area contributed by atoms with Crippen molar-refractivity contribution >= 4 is 5.96 Å². The molecule has 30 heavy (non-hydrogen) atoms. The Bertz CT molecular complexity index is 743. The molecule has 0 aliphatic carbocycles. The van der Waals surface area contributed by atoms with Crippen molar-refractivity contribution in [3.05, 3.63) is 47.6 Å². The Hall–Kier alpha value is -2.41. The van der Waals surface area contributed by atoms with E-state index in [0.717, 1.165) is 57.2 Å². The first kappa shape index (κ1) is 23.9. The maximum absolute atomic E-state index is 5.29. The summed E-state index contributed by atoms with van der Waals surface area (Å²) in [6.45, 7) is 11.9. The van der Waals surface area contributed by atoms with E-state index in [1.54, 1.807) is 0 Å². The highest BCUT2D eigenvalue weighted by atomic mass is 16.5. The van der Waals surface area contributed by atoms with E-state index in [1.165, 1.54) is 5.56 Å². The number of hydrogen-bond acceptors (Lipinski definition) is 5. The summed E-state index contributed by atoms with van der Waals surface area (Å²) in [6.07, 6.45) is 2.68. The first-order valence-corrected chi connectivity index (χ1v) is 11.1. The third-order valence-electron chi connectivity index (χ3n) is 5.04. The molecule has 0 spiro atoms. The van der Waals surface area contributed by atoms with E-state index >= 15 is 0 Å². The van der Waals surface area contributed by atoms with Gasteiger partial charge in [0, 0.05) is 44.6 Å². The Kier molecular flexibility index (Phi) is 10.3. The molecule has 0 radical (unpaired) electrons. The quantitative estimate of drug-likeness (QED) is 0.314. The predicted molar refractivity (Wildman–Crippen MR) is 123 cm³/mol. The van der Waals surface area contributed by atoms with Gasteiger partial charge in [0.25, 0.3) is 0 Å². The lowest BCUT2D eigenvalue weighted by Crippen LogP contribution is -2.40. The molecule has 0 fully saturated rings. The molecule has 0 bridgehead atoms. The van der Waals surface area contributed by atoms with E-state index in [1.807, 2.05) is 0 Å². The van der Waals surface area contributed by atoms with Gasteiger partial charge in [0.15, 0.2) is 11.8 Å². The fraction of sp³-hybridized carbons (Fsp3) is 0.609. The minimum atomic E-state index is 0.291. The van der Waals surface area contributed by atoms with Gasteiger partial charge in [0.1, 0.15) is 0 Å². The van der Waals surface area contributed by atoms with Crippen molar-refractivity contribution in [1.29, 1.82) is 0 Å². The molecule has 0 saturated heterocycles. The number of rotatable bonds is 12. The second-order valence-electron chi connectivity index (χ2n) is 8.03. The molecule has 2 N–H and O–H groups in total. The highest BCUT2D eigenvalue weighted by Gasteiger charge is 2.11. The molecule has 1 atom stereocenters. The van der Waals surface area contributed by atoms with Crippen LogP contribution in [0.4, 0.5) is 0 Å². The number of aliphatic imine (C=N–C) groups is 1. The standard InChI is InChI=1S/C23H38N6O/c1-6-24-23(25-15-10-13-21-27-22(18(2)3)28-30-21)26-16-14-19(4)29(5)17-20-11-8-7-9-12-20/h7-9,11-12,18-19H,6,10,13-17H2,1-5H3,(H2,24,25,26). The Morgan fingerprint density at radius 3 is 2.60 bits per heavy atom. The van der Waals surface area contributed by atoms with E-state index in [2.05, 4.69) is 95.7 Å². The van der Waals surface area contributed by atoms with Crippen LogP contribution in [-0.4, -0.2) is 53.7 Å². The maximum Gasteiger partial charge on any atom is 0.226 e. The fourth-order valence-corrected chi connectivity index (χ4v) is 3.01. The normalized spacial score (nSPS) is 13.1. The van der Waals surface area contributed by atoms with Crippen LogP contribution in [-0.2, 0) is 13.0 Å². The summed E-state index contributed by atoms with van der Waals surface area (Å²) in [5, 5.41) is 10.8. The Morgan fingerprint density at radius 2 is 1.93 bits per heavy atom. The number of benzene rings is 1. The van der Waals surface area contributed by atoms with Crippen LogP contribution in [0.5, 0.6) is 0 Å². The number of aromatic nitrogens is 2. The third kappa shape index (κ3) is 8.53. The average molecular weight is 415 g/mol. The number of guanidine groups is 1. The van der Waals surface area contributed by atoms with Gasteiger partial charge in [-0.25, -0.2) is 0 Å². The van der Waals surface area contributed by atoms with Crippen LogP contribution < -0.4 is 10.6 Å². The summed E-state index contributed by atoms with van der Waals surface area (Å²) in [5.41, 5.74) is 1.34. The maximum atomic E-state index is 5.29. The Morgan fingerprint density at radius 1 is 1.17 bits per heavy atom. The van der Waals surface area contributed by atoms with E-state index < -0.39 is 0 Å². The molecule has 0 saturated carbocycles. The zero-order valence-corrected chi connectivity index (χ0v) is 19.2. The average Bonchev–Trinajstić information content (AvgIpc) is 3.21. The van der Waals surface area contributed by atoms with Crippen molar-refractivity contribution < 1.29 is 4.52 Å². The van der Waals surface area contributed by atoms with Crippen molar-refractivity contribution in [2.75, 3.05) is 26.7 Å². The third-order valence-corrected chi connectivity index (χ3v) is 5.04. The van der Waals surface area contributed by atoms with Gasteiger partial charge >= 0.3 is 0 Å². The highest BCUT2D eigenvalue weighted by Crippen LogP contribution is 2.10. The number of nitrogens with zero attached hydrogens (tertiary/aromatic N) is 4. The van der Waals surface area contributed by atoms with Crippen LogP contribution >= 0.6 is 0 Å². The number of hydrogen-bond donors (Lipinski definition) is 2. The monoisotopic (exact) mass is 414 g/mol. The summed E-state index contributed by atoms with van der Waals surface area (Å²) in [5.74, 6) is 2.63. The molecule has 1 heterocycles. The van der Waals surface area contributed by atoms with Crippen molar-refractivity contribution in [3.63, 3.8) is 0 Å². The van der Waals surface area contributed by atoms with Gasteiger partial charge in [0.05, 0.1) is 0 Å². The highest BCUT2D eigenvalue weighted by molar-refractivity contribution is 5.79. The van der Waals surface area contributed by atoms with E-state index in [-0.39, 0.29) is 0 Å². The van der Waals surface area contributed by atoms with Crippen molar-refractivity contribution in [3.8, 4) is 0 Å². The van der Waals surface area contributed by atoms with E-state index in [9.17, 15) is 0 Å². The van der Waals surface area contributed by atoms with Gasteiger partial charge in [0.2, 0.25) is 5.89 Å². The van der Waals surface area contributed by atoms with Crippen LogP contribution in [0.25, 0.3) is 0 Å². The molecular formula is C23H38N6O. The van der Waals surface area contributed by atoms with Gasteiger partial charge in [-0.2, -0.15) is 4.98 Å². The van der Waals surface area contributed by atoms with Gasteiger partial charge in [-0.05, 0) is 39.3 Å². The molecule has 2 rings (SSSR count). The predicted octanol–water partition coefficient (Wildman–Crippen LogP) is 3.59. The number of aryl methyl sites for hydroxylation is 1. The molecule has 0 aliphatic heterocycles. The Labute approximate surface area is 181 Å². The lowest BCUT2D eigenvalue weighted by molar-refractivity contribution is 0.238. The molecule has 1 aromatic heterocycles. The molecular weight excluding hydrogens is 376 g/mol. The van der Waals surface area contributed by atoms with Crippen molar-refractivity contribution in [1.82, 2.24) is 25.7 Å². The first-order chi connectivity index (χ1) is 14.5. The topological polar surface area (TPSA) is 78.6 Å². The second kappa shape index (κ2) is 13.0. The van der Waals surface area contributed by atoms with Crippen molar-refractivity contribution in [2.24, 2.45) is 4.99 Å². The molecule has 7 heteroatoms. The minimum Gasteiger partial charge on any atom is -0.357 e. The molecule has 0 amide bonds. The van der Waals surface area contributed by atoms with Crippen LogP contribution in [0, 0.1) is 0 Å². The van der Waals surface area contributed by atoms with E-state index in [0.29, 0.717) is 17.9 Å². The smallest absolute Gasteiger partial charge is 0.226 e. The SMILES string of the molecule is CCNC(=NCCCc1nc(C(C)C)no1)NCCC(C)N(C)Cc1ccccc1. The largest absolute Gasteiger partial charge is 0.357 e. The van der Waals surface area contributed by atoms with Crippen LogP contribution in [0.1, 0.15) is 63.7 Å². The summed E-state index contributed by atoms with van der Waals surface area (Å²) < 4.78 is 5.29. The minimum absolute atomic E-state index is 0.291. The summed E-state index contributed by atoms with van der Waals surface area (Å²) in [6, 6.07) is 11.1. The van der Waals surface area contributed by atoms with Gasteiger partial charge in [-0.15, -0.1) is 0 Å². The van der Waals surface area contributed by atoms with Gasteiger partial charge in [-0.1, -0.05) is 49.3 Å². The zero-order valence-electron chi connectivity index (χ0n) is 19.2. The van der Waals surface area contributed by atoms with Crippen LogP contribution in [0.3, 0.4) is 0 Å². The lowest BCUT2D eigenvalue weighted by Gasteiger charge is -2.25. The first-order valence-electron chi connectivity index (χ1n) is 11.1. The fourth-order valence-electron chi connectivity index (χ4n) is 3.01. The lowest BCUT2D eigenvalue weighted by atomic mass is 10.1. The molecule has 0 aliphatic rings. The van der Waals surface area contributed by atoms with Gasteiger partial charge in [-0.3, -0.25) is 9.89 Å². The molecule has 1 unspecified atom stereocenters. The van der Waals surface area contributed by atoms with E-state index in [4.69, 9.17) is 4.52 Å². The Balaban J connectivity index is 1.70. The van der Waals surface area contributed by atoms with Crippen molar-refractivity contribution in [2.45, 2.75) is 65.5 Å². The molecule has 2 aromatic rings. The molecule has 1 aromatic carbocycles.